The number of alkyl halides is 3. The van der Waals surface area contributed by atoms with Gasteiger partial charge in [-0.1, -0.05) is 36.4 Å². The third kappa shape index (κ3) is 6.39. The molecule has 2 atom stereocenters. The SMILES string of the molecule is COC(=O)C1CCN(C/C=C/C(=O)OCc2ccccc2)C(C(F)(F)F)C1. The topological polar surface area (TPSA) is 55.8 Å². The summed E-state index contributed by atoms with van der Waals surface area (Å²) in [6, 6.07) is 7.32. The number of hydrogen-bond acceptors (Lipinski definition) is 5. The number of carbonyl (C=O) groups is 2. The molecule has 0 saturated carbocycles. The highest BCUT2D eigenvalue weighted by atomic mass is 19.4. The quantitative estimate of drug-likeness (QED) is 0.556. The number of ether oxygens (including phenoxy) is 2. The smallest absolute Gasteiger partial charge is 0.404 e. The van der Waals surface area contributed by atoms with Gasteiger partial charge in [0.1, 0.15) is 12.6 Å². The predicted molar refractivity (Wildman–Crippen MR) is 91.5 cm³/mol. The molecule has 1 heterocycles. The number of rotatable bonds is 6. The molecule has 27 heavy (non-hydrogen) atoms. The van der Waals surface area contributed by atoms with E-state index in [1.54, 1.807) is 12.1 Å². The van der Waals surface area contributed by atoms with Crippen LogP contribution in [0.4, 0.5) is 13.2 Å². The molecule has 0 aromatic heterocycles. The molecule has 2 rings (SSSR count). The zero-order valence-corrected chi connectivity index (χ0v) is 14.9. The fourth-order valence-electron chi connectivity index (χ4n) is 3.01. The first-order valence-corrected chi connectivity index (χ1v) is 8.57. The third-order valence-corrected chi connectivity index (χ3v) is 4.44. The van der Waals surface area contributed by atoms with E-state index >= 15 is 0 Å². The second-order valence-corrected chi connectivity index (χ2v) is 6.29. The van der Waals surface area contributed by atoms with Gasteiger partial charge >= 0.3 is 18.1 Å². The maximum absolute atomic E-state index is 13.3. The van der Waals surface area contributed by atoms with E-state index in [1.165, 1.54) is 18.1 Å². The van der Waals surface area contributed by atoms with E-state index in [0.717, 1.165) is 11.6 Å². The normalized spacial score (nSPS) is 21.2. The third-order valence-electron chi connectivity index (χ3n) is 4.44. The molecule has 148 valence electrons. The average molecular weight is 385 g/mol. The van der Waals surface area contributed by atoms with Gasteiger partial charge in [0.2, 0.25) is 0 Å². The van der Waals surface area contributed by atoms with Gasteiger partial charge in [0.05, 0.1) is 13.0 Å². The molecule has 0 aliphatic carbocycles. The summed E-state index contributed by atoms with van der Waals surface area (Å²) in [5, 5.41) is 0. The van der Waals surface area contributed by atoms with Crippen LogP contribution in [0, 0.1) is 5.92 Å². The van der Waals surface area contributed by atoms with Crippen molar-refractivity contribution < 1.29 is 32.2 Å². The maximum atomic E-state index is 13.3. The first kappa shape index (κ1) is 21.0. The van der Waals surface area contributed by atoms with Crippen LogP contribution in [0.5, 0.6) is 0 Å². The zero-order chi connectivity index (χ0) is 19.9. The van der Waals surface area contributed by atoms with Crippen LogP contribution < -0.4 is 0 Å². The molecule has 5 nitrogen and oxygen atoms in total. The molecule has 8 heteroatoms. The number of hydrogen-bond donors (Lipinski definition) is 0. The maximum Gasteiger partial charge on any atom is 0.404 e. The molecule has 1 aliphatic rings. The second kappa shape index (κ2) is 9.55. The zero-order valence-electron chi connectivity index (χ0n) is 14.9. The lowest BCUT2D eigenvalue weighted by Crippen LogP contribution is -2.51. The van der Waals surface area contributed by atoms with E-state index in [9.17, 15) is 22.8 Å². The van der Waals surface area contributed by atoms with Crippen LogP contribution in [0.1, 0.15) is 18.4 Å². The first-order valence-electron chi connectivity index (χ1n) is 8.57. The van der Waals surface area contributed by atoms with Gasteiger partial charge in [-0.2, -0.15) is 13.2 Å². The van der Waals surface area contributed by atoms with Gasteiger partial charge in [0.15, 0.2) is 0 Å². The van der Waals surface area contributed by atoms with Crippen molar-refractivity contribution in [1.29, 1.82) is 0 Å². The number of methoxy groups -OCH3 is 1. The molecule has 1 fully saturated rings. The van der Waals surface area contributed by atoms with Crippen molar-refractivity contribution in [2.75, 3.05) is 20.2 Å². The van der Waals surface area contributed by atoms with E-state index in [4.69, 9.17) is 4.74 Å². The Labute approximate surface area is 155 Å². The van der Waals surface area contributed by atoms with E-state index in [0.29, 0.717) is 0 Å². The number of halogens is 3. The number of piperidine rings is 1. The van der Waals surface area contributed by atoms with Gasteiger partial charge in [-0.3, -0.25) is 9.69 Å². The lowest BCUT2D eigenvalue weighted by atomic mass is 9.90. The van der Waals surface area contributed by atoms with Crippen molar-refractivity contribution in [2.24, 2.45) is 5.92 Å². The first-order chi connectivity index (χ1) is 12.8. The minimum Gasteiger partial charge on any atom is -0.469 e. The Hall–Kier alpha value is -2.35. The van der Waals surface area contributed by atoms with Gasteiger partial charge in [-0.05, 0) is 24.9 Å². The highest BCUT2D eigenvalue weighted by Gasteiger charge is 2.47. The molecule has 0 radical (unpaired) electrons. The highest BCUT2D eigenvalue weighted by molar-refractivity contribution is 5.81. The molecule has 0 amide bonds. The minimum absolute atomic E-state index is 0.0570. The number of benzene rings is 1. The number of nitrogens with zero attached hydrogens (tertiary/aromatic N) is 1. The highest BCUT2D eigenvalue weighted by Crippen LogP contribution is 2.34. The standard InChI is InChI=1S/C19H22F3NO4/c1-26-18(25)15-9-11-23(16(12-15)19(20,21)22)10-5-8-17(24)27-13-14-6-3-2-4-7-14/h2-8,15-16H,9-13H2,1H3/b8-5+. The Bertz CT molecular complexity index is 661. The van der Waals surface area contributed by atoms with Crippen molar-refractivity contribution >= 4 is 11.9 Å². The number of likely N-dealkylation sites (tertiary alicyclic amines) is 1. The van der Waals surface area contributed by atoms with E-state index in [-0.39, 0.29) is 32.5 Å². The van der Waals surface area contributed by atoms with Crippen molar-refractivity contribution in [3.05, 3.63) is 48.0 Å². The Kier molecular flexibility index (Phi) is 7.41. The molecule has 1 aromatic carbocycles. The Morgan fingerprint density at radius 2 is 1.96 bits per heavy atom. The molecular weight excluding hydrogens is 363 g/mol. The van der Waals surface area contributed by atoms with Crippen molar-refractivity contribution in [1.82, 2.24) is 4.90 Å². The summed E-state index contributed by atoms with van der Waals surface area (Å²) in [6.45, 7) is 0.131. The Morgan fingerprint density at radius 1 is 1.26 bits per heavy atom. The van der Waals surface area contributed by atoms with Crippen molar-refractivity contribution in [3.63, 3.8) is 0 Å². The lowest BCUT2D eigenvalue weighted by molar-refractivity contribution is -0.196. The van der Waals surface area contributed by atoms with Crippen molar-refractivity contribution in [2.45, 2.75) is 31.7 Å². The number of esters is 2. The number of carbonyl (C=O) groups excluding carboxylic acids is 2. The summed E-state index contributed by atoms with van der Waals surface area (Å²) < 4.78 is 49.6. The summed E-state index contributed by atoms with van der Waals surface area (Å²) in [4.78, 5) is 24.5. The van der Waals surface area contributed by atoms with Gasteiger partial charge < -0.3 is 9.47 Å². The van der Waals surface area contributed by atoms with Crippen LogP contribution in [-0.4, -0.2) is 49.3 Å². The predicted octanol–water partition coefficient (Wildman–Crippen LogP) is 3.10. The van der Waals surface area contributed by atoms with E-state index < -0.39 is 30.1 Å². The molecule has 0 bridgehead atoms. The Balaban J connectivity index is 1.87. The van der Waals surface area contributed by atoms with Crippen LogP contribution >= 0.6 is 0 Å². The van der Waals surface area contributed by atoms with E-state index in [2.05, 4.69) is 4.74 Å². The second-order valence-electron chi connectivity index (χ2n) is 6.29. The summed E-state index contributed by atoms with van der Waals surface area (Å²) in [7, 11) is 1.17. The molecule has 1 aromatic rings. The molecular formula is C19H22F3NO4. The molecule has 2 unspecified atom stereocenters. The Morgan fingerprint density at radius 3 is 2.59 bits per heavy atom. The van der Waals surface area contributed by atoms with Gasteiger partial charge in [0.25, 0.3) is 0 Å². The van der Waals surface area contributed by atoms with E-state index in [1.807, 2.05) is 18.2 Å². The van der Waals surface area contributed by atoms with Crippen LogP contribution in [-0.2, 0) is 25.7 Å². The van der Waals surface area contributed by atoms with Crippen LogP contribution in [0.25, 0.3) is 0 Å². The van der Waals surface area contributed by atoms with Crippen molar-refractivity contribution in [3.8, 4) is 0 Å². The molecule has 1 aliphatic heterocycles. The summed E-state index contributed by atoms with van der Waals surface area (Å²) in [5.74, 6) is -2.01. The molecule has 1 saturated heterocycles. The van der Waals surface area contributed by atoms with Gasteiger partial charge in [-0.15, -0.1) is 0 Å². The molecule has 0 N–H and O–H groups in total. The van der Waals surface area contributed by atoms with Gasteiger partial charge in [-0.25, -0.2) is 4.79 Å². The summed E-state index contributed by atoms with van der Waals surface area (Å²) in [5.41, 5.74) is 0.821. The lowest BCUT2D eigenvalue weighted by Gasteiger charge is -2.38. The largest absolute Gasteiger partial charge is 0.469 e. The van der Waals surface area contributed by atoms with Crippen LogP contribution in [0.15, 0.2) is 42.5 Å². The molecule has 0 spiro atoms. The summed E-state index contributed by atoms with van der Waals surface area (Å²) in [6.07, 6.45) is -2.05. The minimum atomic E-state index is -4.46. The monoisotopic (exact) mass is 385 g/mol. The van der Waals surface area contributed by atoms with Gasteiger partial charge in [0, 0.05) is 12.6 Å². The van der Waals surface area contributed by atoms with Crippen LogP contribution in [0.2, 0.25) is 0 Å². The van der Waals surface area contributed by atoms with Crippen LogP contribution in [0.3, 0.4) is 0 Å². The fraction of sp³-hybridized carbons (Fsp3) is 0.474. The summed E-state index contributed by atoms with van der Waals surface area (Å²) >= 11 is 0. The average Bonchev–Trinajstić information content (AvgIpc) is 2.66. The fourth-order valence-corrected chi connectivity index (χ4v) is 3.01.